The number of aliphatic hydroxyl groups is 1. The number of carbonyl (C=O) groups excluding carboxylic acids is 2. The normalized spacial score (nSPS) is 13.7. The molecule has 4 N–H and O–H groups in total. The number of ether oxygens (including phenoxy) is 2. The van der Waals surface area contributed by atoms with Crippen LogP contribution in [0.25, 0.3) is 0 Å². The van der Waals surface area contributed by atoms with E-state index in [9.17, 15) is 14.0 Å². The van der Waals surface area contributed by atoms with Crippen molar-refractivity contribution in [3.05, 3.63) is 65.1 Å². The zero-order valence-electron chi connectivity index (χ0n) is 20.1. The van der Waals surface area contributed by atoms with E-state index in [0.29, 0.717) is 17.9 Å². The summed E-state index contributed by atoms with van der Waals surface area (Å²) in [5.74, 6) is -1.06. The van der Waals surface area contributed by atoms with Crippen LogP contribution >= 0.6 is 0 Å². The van der Waals surface area contributed by atoms with Crippen LogP contribution in [0.5, 0.6) is 17.2 Å². The van der Waals surface area contributed by atoms with Crippen LogP contribution < -0.4 is 20.1 Å². The molecule has 0 aliphatic carbocycles. The Morgan fingerprint density at radius 2 is 2.06 bits per heavy atom. The predicted octanol–water partition coefficient (Wildman–Crippen LogP) is 2.84. The van der Waals surface area contributed by atoms with Crippen LogP contribution in [0.2, 0.25) is 0 Å². The van der Waals surface area contributed by atoms with Gasteiger partial charge in [-0.15, -0.1) is 0 Å². The Hall–Kier alpha value is -3.92. The number of aliphatic hydroxyl groups excluding tert-OH is 1. The molecule has 0 saturated carbocycles. The van der Waals surface area contributed by atoms with Crippen molar-refractivity contribution in [2.24, 2.45) is 0 Å². The molecule has 0 unspecified atom stereocenters. The van der Waals surface area contributed by atoms with E-state index in [4.69, 9.17) is 20.0 Å². The van der Waals surface area contributed by atoms with Crippen LogP contribution in [0.4, 0.5) is 4.39 Å². The summed E-state index contributed by atoms with van der Waals surface area (Å²) in [4.78, 5) is 26.3. The van der Waals surface area contributed by atoms with Gasteiger partial charge in [0.05, 0.1) is 12.2 Å². The summed E-state index contributed by atoms with van der Waals surface area (Å²) < 4.78 is 26.7. The maximum absolute atomic E-state index is 14.7. The Morgan fingerprint density at radius 1 is 1.31 bits per heavy atom. The SMILES string of the molecule is CN/C=C\C(=N)NC(=O)c1cc(Oc2ccc(C(=O)N(C)CCO)c(F)c2)c2c(c1)OC(C)(C)C2. The van der Waals surface area contributed by atoms with Crippen LogP contribution in [0, 0.1) is 11.2 Å². The highest BCUT2D eigenvalue weighted by Crippen LogP contribution is 2.43. The molecule has 3 rings (SSSR count). The lowest BCUT2D eigenvalue weighted by Gasteiger charge is -2.17. The number of hydrogen-bond donors (Lipinski definition) is 4. The number of nitrogens with zero attached hydrogens (tertiary/aromatic N) is 1. The van der Waals surface area contributed by atoms with Gasteiger partial charge in [-0.25, -0.2) is 4.39 Å². The molecule has 1 aliphatic heterocycles. The van der Waals surface area contributed by atoms with Gasteiger partial charge in [-0.2, -0.15) is 0 Å². The average Bonchev–Trinajstić information content (AvgIpc) is 3.11. The molecule has 0 fully saturated rings. The molecule has 35 heavy (non-hydrogen) atoms. The molecule has 2 amide bonds. The number of fused-ring (bicyclic) bond motifs is 1. The molecular weight excluding hydrogens is 455 g/mol. The minimum absolute atomic E-state index is 0.0789. The summed E-state index contributed by atoms with van der Waals surface area (Å²) in [5, 5.41) is 22.1. The van der Waals surface area contributed by atoms with Gasteiger partial charge >= 0.3 is 0 Å². The molecule has 186 valence electrons. The Bertz CT molecular complexity index is 1180. The number of amides is 2. The smallest absolute Gasteiger partial charge is 0.257 e. The summed E-state index contributed by atoms with van der Waals surface area (Å²) in [6, 6.07) is 6.97. The summed E-state index contributed by atoms with van der Waals surface area (Å²) in [6.45, 7) is 3.65. The van der Waals surface area contributed by atoms with E-state index in [-0.39, 0.29) is 35.9 Å². The van der Waals surface area contributed by atoms with Crippen LogP contribution in [0.1, 0.15) is 40.1 Å². The van der Waals surface area contributed by atoms with E-state index in [1.165, 1.54) is 42.4 Å². The lowest BCUT2D eigenvalue weighted by molar-refractivity contribution is 0.0762. The van der Waals surface area contributed by atoms with Gasteiger partial charge in [-0.1, -0.05) is 0 Å². The van der Waals surface area contributed by atoms with Crippen molar-refractivity contribution < 1.29 is 28.6 Å². The minimum Gasteiger partial charge on any atom is -0.487 e. The van der Waals surface area contributed by atoms with Crippen LogP contribution in [0.3, 0.4) is 0 Å². The second-order valence-corrected chi connectivity index (χ2v) is 8.67. The van der Waals surface area contributed by atoms with Crippen molar-refractivity contribution in [1.29, 1.82) is 5.41 Å². The van der Waals surface area contributed by atoms with E-state index in [1.807, 2.05) is 13.8 Å². The molecule has 0 spiro atoms. The number of carbonyl (C=O) groups is 2. The van der Waals surface area contributed by atoms with Crippen molar-refractivity contribution in [1.82, 2.24) is 15.5 Å². The van der Waals surface area contributed by atoms with Crippen LogP contribution in [-0.4, -0.2) is 60.5 Å². The minimum atomic E-state index is -0.774. The van der Waals surface area contributed by atoms with Crippen LogP contribution in [0.15, 0.2) is 42.6 Å². The van der Waals surface area contributed by atoms with Crippen LogP contribution in [-0.2, 0) is 6.42 Å². The molecule has 1 aliphatic rings. The Kier molecular flexibility index (Phi) is 7.75. The number of amidine groups is 1. The van der Waals surface area contributed by atoms with Gasteiger partial charge in [0.1, 0.15) is 34.5 Å². The second-order valence-electron chi connectivity index (χ2n) is 8.67. The lowest BCUT2D eigenvalue weighted by Crippen LogP contribution is -2.30. The van der Waals surface area contributed by atoms with Crippen molar-refractivity contribution >= 4 is 17.6 Å². The average molecular weight is 485 g/mol. The van der Waals surface area contributed by atoms with Gasteiger partial charge in [-0.05, 0) is 50.4 Å². The van der Waals surface area contributed by atoms with Gasteiger partial charge in [0.15, 0.2) is 0 Å². The molecule has 9 nitrogen and oxygen atoms in total. The van der Waals surface area contributed by atoms with E-state index in [2.05, 4.69) is 10.6 Å². The Labute approximate surface area is 203 Å². The zero-order valence-corrected chi connectivity index (χ0v) is 20.1. The maximum atomic E-state index is 14.7. The van der Waals surface area contributed by atoms with Gasteiger partial charge in [0.25, 0.3) is 11.8 Å². The number of hydrogen-bond acceptors (Lipinski definition) is 7. The van der Waals surface area contributed by atoms with Gasteiger partial charge in [-0.3, -0.25) is 15.0 Å². The number of halogens is 1. The van der Waals surface area contributed by atoms with Crippen molar-refractivity contribution in [3.63, 3.8) is 0 Å². The fourth-order valence-corrected chi connectivity index (χ4v) is 3.59. The van der Waals surface area contributed by atoms with E-state index < -0.39 is 23.2 Å². The van der Waals surface area contributed by atoms with Crippen molar-refractivity contribution in [3.8, 4) is 17.2 Å². The molecule has 2 aromatic rings. The first-order chi connectivity index (χ1) is 16.5. The lowest BCUT2D eigenvalue weighted by atomic mass is 9.99. The fourth-order valence-electron chi connectivity index (χ4n) is 3.59. The molecule has 0 aromatic heterocycles. The van der Waals surface area contributed by atoms with E-state index in [1.54, 1.807) is 13.1 Å². The van der Waals surface area contributed by atoms with E-state index >= 15 is 0 Å². The van der Waals surface area contributed by atoms with Gasteiger partial charge in [0, 0.05) is 44.3 Å². The summed E-state index contributed by atoms with van der Waals surface area (Å²) in [5.41, 5.74) is 0.248. The highest BCUT2D eigenvalue weighted by Gasteiger charge is 2.34. The summed E-state index contributed by atoms with van der Waals surface area (Å²) >= 11 is 0. The molecule has 0 bridgehead atoms. The largest absolute Gasteiger partial charge is 0.487 e. The van der Waals surface area contributed by atoms with Crippen molar-refractivity contribution in [2.45, 2.75) is 25.9 Å². The quantitative estimate of drug-likeness (QED) is 0.338. The van der Waals surface area contributed by atoms with Crippen molar-refractivity contribution in [2.75, 3.05) is 27.2 Å². The Morgan fingerprint density at radius 3 is 2.71 bits per heavy atom. The van der Waals surface area contributed by atoms with E-state index in [0.717, 1.165) is 11.6 Å². The number of rotatable bonds is 8. The topological polar surface area (TPSA) is 124 Å². The summed E-state index contributed by atoms with van der Waals surface area (Å²) in [6.07, 6.45) is 3.41. The first kappa shape index (κ1) is 25.7. The molecule has 2 aromatic carbocycles. The zero-order chi connectivity index (χ0) is 25.8. The molecule has 0 atom stereocenters. The standard InChI is InChI=1S/C25H29FN4O5/c1-25(2)14-18-20(11-15(12-21(18)35-25)23(32)29-22(27)7-8-28-3)34-16-5-6-17(19(26)13-16)24(33)30(4)9-10-31/h5-8,11-13,28,31H,9-10,14H2,1-4H3,(H2,27,29,32)/b8-7-. The number of benzene rings is 2. The second kappa shape index (κ2) is 10.6. The third kappa shape index (κ3) is 6.15. The molecule has 0 radical (unpaired) electrons. The van der Waals surface area contributed by atoms with Gasteiger partial charge < -0.3 is 30.1 Å². The Balaban J connectivity index is 1.91. The molecule has 0 saturated heterocycles. The molecule has 10 heteroatoms. The number of likely N-dealkylation sites (N-methyl/N-ethyl adjacent to an activating group) is 1. The maximum Gasteiger partial charge on any atom is 0.257 e. The molecule has 1 heterocycles. The third-order valence-corrected chi connectivity index (χ3v) is 5.26. The first-order valence-electron chi connectivity index (χ1n) is 11.0. The third-order valence-electron chi connectivity index (χ3n) is 5.26. The fraction of sp³-hybridized carbons (Fsp3) is 0.320. The predicted molar refractivity (Wildman–Crippen MR) is 129 cm³/mol. The first-order valence-corrected chi connectivity index (χ1v) is 11.0. The highest BCUT2D eigenvalue weighted by atomic mass is 19.1. The highest BCUT2D eigenvalue weighted by molar-refractivity contribution is 6.09. The molecular formula is C25H29FN4O5. The number of nitrogens with one attached hydrogen (secondary N) is 3. The monoisotopic (exact) mass is 484 g/mol. The van der Waals surface area contributed by atoms with Gasteiger partial charge in [0.2, 0.25) is 0 Å². The summed E-state index contributed by atoms with van der Waals surface area (Å²) in [7, 11) is 3.14.